The number of likely N-dealkylation sites (tertiary alicyclic amines) is 1. The molecule has 0 bridgehead atoms. The van der Waals surface area contributed by atoms with E-state index in [9.17, 15) is 4.79 Å². The summed E-state index contributed by atoms with van der Waals surface area (Å²) in [6, 6.07) is 26.7. The highest BCUT2D eigenvalue weighted by Crippen LogP contribution is 2.38. The maximum absolute atomic E-state index is 12.0. The highest BCUT2D eigenvalue weighted by molar-refractivity contribution is 5.95. The van der Waals surface area contributed by atoms with E-state index in [4.69, 9.17) is 5.73 Å². The molecule has 0 spiro atoms. The second kappa shape index (κ2) is 10.7. The van der Waals surface area contributed by atoms with Crippen LogP contribution in [0.25, 0.3) is 17.7 Å². The number of rotatable bonds is 4. The molecule has 2 amide bonds. The first-order chi connectivity index (χ1) is 16.2. The van der Waals surface area contributed by atoms with Crippen LogP contribution in [-0.4, -0.2) is 37.1 Å². The van der Waals surface area contributed by atoms with Gasteiger partial charge in [0.25, 0.3) is 0 Å². The number of fused-ring (bicyclic) bond motifs is 2. The van der Waals surface area contributed by atoms with Crippen molar-refractivity contribution in [3.63, 3.8) is 0 Å². The number of primary amides is 1. The zero-order valence-corrected chi connectivity index (χ0v) is 20.0. The van der Waals surface area contributed by atoms with E-state index < -0.39 is 6.03 Å². The summed E-state index contributed by atoms with van der Waals surface area (Å²) in [6.07, 6.45) is 6.53. The molecular weight excluding hydrogens is 442 g/mol. The summed E-state index contributed by atoms with van der Waals surface area (Å²) in [5.41, 5.74) is 14.6. The van der Waals surface area contributed by atoms with Crippen molar-refractivity contribution in [2.45, 2.75) is 12.8 Å². The third-order valence-electron chi connectivity index (χ3n) is 6.69. The van der Waals surface area contributed by atoms with Crippen LogP contribution in [0, 0.1) is 0 Å². The van der Waals surface area contributed by atoms with Gasteiger partial charge in [-0.2, -0.15) is 0 Å². The van der Waals surface area contributed by atoms with Crippen molar-refractivity contribution >= 4 is 41.9 Å². The Hall–Kier alpha value is -3.34. The molecule has 3 aromatic carbocycles. The van der Waals surface area contributed by atoms with E-state index in [1.165, 1.54) is 33.4 Å². The van der Waals surface area contributed by atoms with E-state index in [0.717, 1.165) is 38.2 Å². The van der Waals surface area contributed by atoms with Crippen LogP contribution in [0.2, 0.25) is 0 Å². The van der Waals surface area contributed by atoms with Gasteiger partial charge in [-0.1, -0.05) is 84.5 Å². The van der Waals surface area contributed by atoms with E-state index >= 15 is 0 Å². The Labute approximate surface area is 207 Å². The number of nitrogens with two attached hydrogens (primary N) is 1. The van der Waals surface area contributed by atoms with Gasteiger partial charge in [0.1, 0.15) is 0 Å². The van der Waals surface area contributed by atoms with Crippen molar-refractivity contribution in [2.75, 3.05) is 31.1 Å². The van der Waals surface area contributed by atoms with E-state index in [-0.39, 0.29) is 12.4 Å². The number of benzene rings is 3. The highest BCUT2D eigenvalue weighted by atomic mass is 35.5. The average Bonchev–Trinajstić information content (AvgIpc) is 3.02. The number of amides is 2. The fraction of sp³-hybridized carbons (Fsp3) is 0.207. The second-order valence-electron chi connectivity index (χ2n) is 8.65. The first kappa shape index (κ1) is 23.8. The number of hydrogen-bond donors (Lipinski definition) is 1. The molecule has 3 aromatic rings. The molecule has 5 rings (SSSR count). The molecule has 2 N–H and O–H groups in total. The maximum Gasteiger partial charge on any atom is 0.319 e. The first-order valence-electron chi connectivity index (χ1n) is 11.6. The summed E-state index contributed by atoms with van der Waals surface area (Å²) in [4.78, 5) is 16.1. The molecule has 1 aliphatic carbocycles. The summed E-state index contributed by atoms with van der Waals surface area (Å²) in [5.74, 6) is 0. The zero-order valence-electron chi connectivity index (χ0n) is 19.2. The number of urea groups is 1. The number of para-hydroxylation sites is 1. The molecule has 1 saturated heterocycles. The van der Waals surface area contributed by atoms with Crippen molar-refractivity contribution in [3.05, 3.63) is 107 Å². The van der Waals surface area contributed by atoms with Crippen molar-refractivity contribution in [1.29, 1.82) is 0 Å². The van der Waals surface area contributed by atoms with E-state index in [1.54, 1.807) is 4.90 Å². The molecule has 1 aliphatic heterocycles. The Bertz CT molecular complexity index is 1160. The van der Waals surface area contributed by atoms with Crippen LogP contribution in [0.4, 0.5) is 10.5 Å². The van der Waals surface area contributed by atoms with Crippen LogP contribution in [-0.2, 0) is 0 Å². The van der Waals surface area contributed by atoms with Gasteiger partial charge in [0.15, 0.2) is 0 Å². The maximum atomic E-state index is 12.0. The third-order valence-corrected chi connectivity index (χ3v) is 6.69. The van der Waals surface area contributed by atoms with Crippen LogP contribution < -0.4 is 10.6 Å². The number of piperidine rings is 1. The summed E-state index contributed by atoms with van der Waals surface area (Å²) >= 11 is 0. The Kier molecular flexibility index (Phi) is 7.51. The van der Waals surface area contributed by atoms with Crippen molar-refractivity contribution in [2.24, 2.45) is 5.73 Å². The second-order valence-corrected chi connectivity index (χ2v) is 8.65. The van der Waals surface area contributed by atoms with Gasteiger partial charge in [0, 0.05) is 31.9 Å². The van der Waals surface area contributed by atoms with E-state index in [1.807, 2.05) is 30.3 Å². The van der Waals surface area contributed by atoms with E-state index in [2.05, 4.69) is 65.6 Å². The first-order valence-corrected chi connectivity index (χ1v) is 11.6. The number of hydrogen-bond acceptors (Lipinski definition) is 2. The molecular formula is C29H30ClN3O. The van der Waals surface area contributed by atoms with Gasteiger partial charge in [-0.3, -0.25) is 4.90 Å². The van der Waals surface area contributed by atoms with Gasteiger partial charge < -0.3 is 10.6 Å². The molecule has 0 radical (unpaired) electrons. The van der Waals surface area contributed by atoms with Gasteiger partial charge in [-0.15, -0.1) is 12.4 Å². The van der Waals surface area contributed by atoms with Gasteiger partial charge in [-0.25, -0.2) is 4.79 Å². The normalized spacial score (nSPS) is 15.1. The standard InChI is InChI=1S/C29H29N3O.ClH/c30-29(33)32(25-10-2-1-3-11-25)21-20-31-18-16-24(17-19-31)28-26-12-6-4-8-22(26)14-15-23-9-5-7-13-27(23)28;/h1-15H,16-21H2,(H2,30,33);1H. The van der Waals surface area contributed by atoms with Crippen molar-refractivity contribution < 1.29 is 4.79 Å². The molecule has 34 heavy (non-hydrogen) atoms. The minimum atomic E-state index is -0.403. The summed E-state index contributed by atoms with van der Waals surface area (Å²) < 4.78 is 0. The van der Waals surface area contributed by atoms with E-state index in [0.29, 0.717) is 6.54 Å². The Balaban J connectivity index is 0.00000274. The monoisotopic (exact) mass is 471 g/mol. The summed E-state index contributed by atoms with van der Waals surface area (Å²) in [7, 11) is 0. The smallest absolute Gasteiger partial charge is 0.319 e. The predicted molar refractivity (Wildman–Crippen MR) is 144 cm³/mol. The Morgan fingerprint density at radius 2 is 1.32 bits per heavy atom. The molecule has 174 valence electrons. The molecule has 4 nitrogen and oxygen atoms in total. The fourth-order valence-corrected chi connectivity index (χ4v) is 4.96. The SMILES string of the molecule is Cl.NC(=O)N(CCN1CCC(=C2c3ccccc3C=Cc3ccccc32)CC1)c1ccccc1. The van der Waals surface area contributed by atoms with Crippen LogP contribution in [0.3, 0.4) is 0 Å². The lowest BCUT2D eigenvalue weighted by molar-refractivity contribution is 0.245. The fourth-order valence-electron chi connectivity index (χ4n) is 4.96. The molecule has 1 heterocycles. The van der Waals surface area contributed by atoms with Crippen molar-refractivity contribution in [1.82, 2.24) is 4.90 Å². The van der Waals surface area contributed by atoms with Gasteiger partial charge >= 0.3 is 6.03 Å². The largest absolute Gasteiger partial charge is 0.351 e. The lowest BCUT2D eigenvalue weighted by Gasteiger charge is -2.32. The topological polar surface area (TPSA) is 49.6 Å². The average molecular weight is 472 g/mol. The van der Waals surface area contributed by atoms with Gasteiger partial charge in [-0.05, 0) is 52.8 Å². The zero-order chi connectivity index (χ0) is 22.6. The van der Waals surface area contributed by atoms with Crippen LogP contribution in [0.15, 0.2) is 84.4 Å². The highest BCUT2D eigenvalue weighted by Gasteiger charge is 2.23. The van der Waals surface area contributed by atoms with Crippen LogP contribution in [0.1, 0.15) is 35.1 Å². The molecule has 2 aliphatic rings. The Morgan fingerprint density at radius 3 is 1.88 bits per heavy atom. The van der Waals surface area contributed by atoms with Crippen LogP contribution in [0.5, 0.6) is 0 Å². The van der Waals surface area contributed by atoms with Gasteiger partial charge in [0.2, 0.25) is 0 Å². The summed E-state index contributed by atoms with van der Waals surface area (Å²) in [5, 5.41) is 0. The number of anilines is 1. The number of halogens is 1. The molecule has 0 saturated carbocycles. The van der Waals surface area contributed by atoms with Crippen molar-refractivity contribution in [3.8, 4) is 0 Å². The minimum absolute atomic E-state index is 0. The number of nitrogens with zero attached hydrogens (tertiary/aromatic N) is 2. The molecule has 0 aromatic heterocycles. The lowest BCUT2D eigenvalue weighted by atomic mass is 9.86. The summed E-state index contributed by atoms with van der Waals surface area (Å²) in [6.45, 7) is 3.38. The number of carbonyl (C=O) groups excluding carboxylic acids is 1. The molecule has 0 atom stereocenters. The quantitative estimate of drug-likeness (QED) is 0.392. The minimum Gasteiger partial charge on any atom is -0.351 e. The Morgan fingerprint density at radius 1 is 0.794 bits per heavy atom. The third kappa shape index (κ3) is 4.93. The van der Waals surface area contributed by atoms with Crippen LogP contribution >= 0.6 is 12.4 Å². The predicted octanol–water partition coefficient (Wildman–Crippen LogP) is 6.08. The molecule has 5 heteroatoms. The lowest BCUT2D eigenvalue weighted by Crippen LogP contribution is -2.43. The van der Waals surface area contributed by atoms with Gasteiger partial charge in [0.05, 0.1) is 0 Å². The number of carbonyl (C=O) groups is 1. The molecule has 1 fully saturated rings. The molecule has 0 unspecified atom stereocenters.